The molecule has 0 atom stereocenters. The van der Waals surface area contributed by atoms with E-state index in [0.29, 0.717) is 12.2 Å². The van der Waals surface area contributed by atoms with Crippen LogP contribution in [0.1, 0.15) is 17.8 Å². The Balaban J connectivity index is 2.01. The number of hydrogen-bond donors (Lipinski definition) is 2. The Labute approximate surface area is 109 Å². The maximum absolute atomic E-state index is 11.5. The molecule has 0 amide bonds. The maximum Gasteiger partial charge on any atom is 0.282 e. The van der Waals surface area contributed by atoms with Crippen LogP contribution in [-0.2, 0) is 12.8 Å². The summed E-state index contributed by atoms with van der Waals surface area (Å²) in [5.41, 5.74) is 5.78. The van der Waals surface area contributed by atoms with E-state index in [2.05, 4.69) is 15.1 Å². The van der Waals surface area contributed by atoms with Crippen LogP contribution in [0.4, 0.5) is 11.5 Å². The van der Waals surface area contributed by atoms with Gasteiger partial charge in [-0.3, -0.25) is 4.79 Å². The number of nitrogens with zero attached hydrogens (tertiary/aromatic N) is 2. The zero-order valence-electron chi connectivity index (χ0n) is 10.3. The van der Waals surface area contributed by atoms with E-state index in [4.69, 9.17) is 5.73 Å². The second-order valence-corrected chi connectivity index (χ2v) is 4.18. The normalized spacial score (nSPS) is 10.3. The number of nitroso groups, excluding NO2 is 1. The minimum Gasteiger partial charge on any atom is -0.382 e. The van der Waals surface area contributed by atoms with Crippen molar-refractivity contribution in [2.75, 3.05) is 5.73 Å². The molecule has 0 saturated carbocycles. The van der Waals surface area contributed by atoms with Crippen molar-refractivity contribution in [2.45, 2.75) is 19.3 Å². The topological polar surface area (TPSA) is 101 Å². The van der Waals surface area contributed by atoms with E-state index in [1.54, 1.807) is 0 Å². The van der Waals surface area contributed by atoms with E-state index >= 15 is 0 Å². The lowest BCUT2D eigenvalue weighted by atomic mass is 10.1. The molecule has 6 nitrogen and oxygen atoms in total. The quantitative estimate of drug-likeness (QED) is 0.800. The van der Waals surface area contributed by atoms with Crippen LogP contribution in [0.2, 0.25) is 0 Å². The molecule has 0 saturated heterocycles. The summed E-state index contributed by atoms with van der Waals surface area (Å²) >= 11 is 0. The molecule has 1 heterocycles. The first-order chi connectivity index (χ1) is 9.20. The van der Waals surface area contributed by atoms with Gasteiger partial charge in [0, 0.05) is 6.42 Å². The number of aromatic nitrogens is 2. The Morgan fingerprint density at radius 2 is 1.95 bits per heavy atom. The Bertz CT molecular complexity index is 622. The number of aromatic amines is 1. The molecule has 3 N–H and O–H groups in total. The molecule has 0 aliphatic carbocycles. The van der Waals surface area contributed by atoms with Crippen molar-refractivity contribution >= 4 is 11.5 Å². The van der Waals surface area contributed by atoms with E-state index in [9.17, 15) is 9.70 Å². The van der Waals surface area contributed by atoms with Crippen molar-refractivity contribution in [1.82, 2.24) is 9.97 Å². The Morgan fingerprint density at radius 3 is 2.58 bits per heavy atom. The molecule has 0 aliphatic heterocycles. The molecule has 2 aromatic rings. The highest BCUT2D eigenvalue weighted by molar-refractivity contribution is 5.54. The average Bonchev–Trinajstić information content (AvgIpc) is 2.40. The van der Waals surface area contributed by atoms with Crippen molar-refractivity contribution in [3.63, 3.8) is 0 Å². The van der Waals surface area contributed by atoms with Gasteiger partial charge in [0.25, 0.3) is 5.56 Å². The predicted octanol–water partition coefficient (Wildman–Crippen LogP) is 1.93. The summed E-state index contributed by atoms with van der Waals surface area (Å²) in [6.45, 7) is 0. The minimum absolute atomic E-state index is 0.117. The Hall–Kier alpha value is -2.50. The van der Waals surface area contributed by atoms with Crippen molar-refractivity contribution in [3.8, 4) is 0 Å². The van der Waals surface area contributed by atoms with E-state index in [1.165, 1.54) is 5.56 Å². The van der Waals surface area contributed by atoms with Gasteiger partial charge in [0.05, 0.1) is 0 Å². The maximum atomic E-state index is 11.5. The SMILES string of the molecule is Nc1nc(CCCc2ccccc2)[nH]c(=O)c1N=O. The molecule has 0 unspecified atom stereocenters. The minimum atomic E-state index is -0.586. The number of anilines is 1. The van der Waals surface area contributed by atoms with Gasteiger partial charge < -0.3 is 10.7 Å². The summed E-state index contributed by atoms with van der Waals surface area (Å²) in [6.07, 6.45) is 2.31. The number of nitrogens with two attached hydrogens (primary N) is 1. The molecule has 2 rings (SSSR count). The van der Waals surface area contributed by atoms with Crippen LogP contribution in [0.25, 0.3) is 0 Å². The summed E-state index contributed by atoms with van der Waals surface area (Å²) < 4.78 is 0. The third-order valence-electron chi connectivity index (χ3n) is 2.78. The third kappa shape index (κ3) is 3.25. The molecule has 0 aliphatic rings. The highest BCUT2D eigenvalue weighted by Crippen LogP contribution is 2.13. The second kappa shape index (κ2) is 5.90. The molecule has 1 aromatic carbocycles. The summed E-state index contributed by atoms with van der Waals surface area (Å²) in [4.78, 5) is 28.3. The Kier molecular flexibility index (Phi) is 4.02. The van der Waals surface area contributed by atoms with E-state index in [-0.39, 0.29) is 11.5 Å². The summed E-state index contributed by atoms with van der Waals surface area (Å²) in [7, 11) is 0. The van der Waals surface area contributed by atoms with Gasteiger partial charge in [-0.25, -0.2) is 4.98 Å². The van der Waals surface area contributed by atoms with Crippen molar-refractivity contribution in [2.24, 2.45) is 5.18 Å². The van der Waals surface area contributed by atoms with Crippen LogP contribution in [0, 0.1) is 4.91 Å². The summed E-state index contributed by atoms with van der Waals surface area (Å²) in [6, 6.07) is 10.0. The van der Waals surface area contributed by atoms with Gasteiger partial charge in [-0.15, -0.1) is 4.91 Å². The van der Waals surface area contributed by atoms with E-state index < -0.39 is 5.56 Å². The molecule has 98 valence electrons. The van der Waals surface area contributed by atoms with Gasteiger partial charge >= 0.3 is 0 Å². The van der Waals surface area contributed by atoms with E-state index in [0.717, 1.165) is 12.8 Å². The first-order valence-electron chi connectivity index (χ1n) is 5.96. The van der Waals surface area contributed by atoms with Crippen molar-refractivity contribution in [1.29, 1.82) is 0 Å². The van der Waals surface area contributed by atoms with Crippen LogP contribution < -0.4 is 11.3 Å². The highest BCUT2D eigenvalue weighted by atomic mass is 16.3. The van der Waals surface area contributed by atoms with Gasteiger partial charge in [-0.2, -0.15) is 0 Å². The first-order valence-corrected chi connectivity index (χ1v) is 5.96. The molecule has 0 radical (unpaired) electrons. The van der Waals surface area contributed by atoms with Crippen LogP contribution in [0.3, 0.4) is 0 Å². The second-order valence-electron chi connectivity index (χ2n) is 4.18. The average molecular weight is 258 g/mol. The van der Waals surface area contributed by atoms with Crippen LogP contribution in [0.5, 0.6) is 0 Å². The number of hydrogen-bond acceptors (Lipinski definition) is 5. The van der Waals surface area contributed by atoms with Crippen molar-refractivity contribution < 1.29 is 0 Å². The van der Waals surface area contributed by atoms with E-state index in [1.807, 2.05) is 30.3 Å². The van der Waals surface area contributed by atoms with Gasteiger partial charge in [-0.1, -0.05) is 30.3 Å². The monoisotopic (exact) mass is 258 g/mol. The van der Waals surface area contributed by atoms with Gasteiger partial charge in [-0.05, 0) is 23.6 Å². The highest BCUT2D eigenvalue weighted by Gasteiger charge is 2.08. The first kappa shape index (κ1) is 12.9. The Morgan fingerprint density at radius 1 is 1.21 bits per heavy atom. The number of nitrogen functional groups attached to an aromatic ring is 1. The van der Waals surface area contributed by atoms with Crippen molar-refractivity contribution in [3.05, 3.63) is 57.0 Å². The molecular weight excluding hydrogens is 244 g/mol. The molecule has 0 fully saturated rings. The van der Waals surface area contributed by atoms with Crippen LogP contribution in [0.15, 0.2) is 40.3 Å². The lowest BCUT2D eigenvalue weighted by Crippen LogP contribution is -2.14. The number of aryl methyl sites for hydroxylation is 2. The van der Waals surface area contributed by atoms with Gasteiger partial charge in [0.2, 0.25) is 5.69 Å². The number of benzene rings is 1. The third-order valence-corrected chi connectivity index (χ3v) is 2.78. The molecule has 0 spiro atoms. The molecule has 19 heavy (non-hydrogen) atoms. The van der Waals surface area contributed by atoms with Gasteiger partial charge in [0.15, 0.2) is 5.82 Å². The van der Waals surface area contributed by atoms with Gasteiger partial charge in [0.1, 0.15) is 5.82 Å². The standard InChI is InChI=1S/C13H14N4O2/c14-12-11(17-19)13(18)16-10(15-12)8-4-7-9-5-2-1-3-6-9/h1-3,5-6H,4,7-8H2,(H3,14,15,16,18). The molecule has 6 heteroatoms. The fourth-order valence-electron chi connectivity index (χ4n) is 1.84. The lowest BCUT2D eigenvalue weighted by molar-refractivity contribution is 0.768. The summed E-state index contributed by atoms with van der Waals surface area (Å²) in [5.74, 6) is 0.360. The van der Waals surface area contributed by atoms with Crippen LogP contribution >= 0.6 is 0 Å². The fraction of sp³-hybridized carbons (Fsp3) is 0.231. The largest absolute Gasteiger partial charge is 0.382 e. The lowest BCUT2D eigenvalue weighted by Gasteiger charge is -2.03. The zero-order valence-corrected chi connectivity index (χ0v) is 10.3. The summed E-state index contributed by atoms with van der Waals surface area (Å²) in [5, 5.41) is 2.56. The molecule has 0 bridgehead atoms. The van der Waals surface area contributed by atoms with Crippen LogP contribution in [-0.4, -0.2) is 9.97 Å². The molecular formula is C13H14N4O2. The smallest absolute Gasteiger partial charge is 0.282 e. The fourth-order valence-corrected chi connectivity index (χ4v) is 1.84. The predicted molar refractivity (Wildman–Crippen MR) is 73.2 cm³/mol. The number of nitrogens with one attached hydrogen (secondary N) is 1. The number of H-pyrrole nitrogens is 1. The molecule has 1 aromatic heterocycles. The zero-order chi connectivity index (χ0) is 13.7. The number of rotatable bonds is 5.